The summed E-state index contributed by atoms with van der Waals surface area (Å²) in [6, 6.07) is -4.38. The summed E-state index contributed by atoms with van der Waals surface area (Å²) in [6.45, 7) is -0.189. The molecule has 0 saturated heterocycles. The van der Waals surface area contributed by atoms with E-state index >= 15 is 0 Å². The molecule has 0 spiro atoms. The van der Waals surface area contributed by atoms with Crippen molar-refractivity contribution >= 4 is 48.1 Å². The summed E-state index contributed by atoms with van der Waals surface area (Å²) in [6.07, 6.45) is 3.45. The van der Waals surface area contributed by atoms with Gasteiger partial charge in [-0.2, -0.15) is 24.4 Å². The average Bonchev–Trinajstić information content (AvgIpc) is 2.72. The van der Waals surface area contributed by atoms with Gasteiger partial charge in [0.15, 0.2) is 0 Å². The zero-order valence-electron chi connectivity index (χ0n) is 17.0. The van der Waals surface area contributed by atoms with Crippen LogP contribution in [0, 0.1) is 0 Å². The number of thioether (sulfide) groups is 1. The van der Waals surface area contributed by atoms with Crippen LogP contribution < -0.4 is 27.4 Å². The van der Waals surface area contributed by atoms with Crippen LogP contribution in [0.1, 0.15) is 25.7 Å². The Kier molecular flexibility index (Phi) is 15.4. The van der Waals surface area contributed by atoms with E-state index in [1.165, 1.54) is 11.8 Å². The van der Waals surface area contributed by atoms with Crippen molar-refractivity contribution < 1.29 is 29.4 Å². The Labute approximate surface area is 185 Å². The Morgan fingerprint density at radius 2 is 1.53 bits per heavy atom. The average molecular weight is 468 g/mol. The van der Waals surface area contributed by atoms with E-state index in [2.05, 4.69) is 28.6 Å². The van der Waals surface area contributed by atoms with Gasteiger partial charge >= 0.3 is 5.97 Å². The molecule has 0 bridgehead atoms. The minimum atomic E-state index is -1.20. The summed E-state index contributed by atoms with van der Waals surface area (Å²) in [5.74, 6) is -2.74. The molecule has 0 saturated carbocycles. The number of carboxylic acid groups (broad SMARTS) is 1. The van der Waals surface area contributed by atoms with Gasteiger partial charge in [0.2, 0.25) is 17.7 Å². The van der Waals surface area contributed by atoms with E-state index in [4.69, 9.17) is 16.6 Å². The maximum Gasteiger partial charge on any atom is 0.326 e. The third-order valence-corrected chi connectivity index (χ3v) is 5.16. The van der Waals surface area contributed by atoms with Crippen molar-refractivity contribution in [1.82, 2.24) is 16.0 Å². The van der Waals surface area contributed by atoms with Crippen LogP contribution in [0.5, 0.6) is 0 Å². The van der Waals surface area contributed by atoms with Crippen LogP contribution in [0.3, 0.4) is 0 Å². The lowest BCUT2D eigenvalue weighted by Gasteiger charge is -2.24. The second-order valence-corrected chi connectivity index (χ2v) is 7.91. The largest absolute Gasteiger partial charge is 0.480 e. The molecule has 0 aliphatic carbocycles. The number of unbranched alkanes of at least 4 members (excludes halogenated alkanes) is 1. The number of amides is 3. The van der Waals surface area contributed by atoms with E-state index in [0.717, 1.165) is 0 Å². The standard InChI is InChI=1S/C17H33N5O6S2/c1-30-7-5-12(17(27)28)21-15(25)11(4-2-3-6-18)20-16(26)13(9-29)22-14(24)10(19)8-23/h10-13,23,29H,2-9,18-19H2,1H3,(H,20,26)(H,21,25)(H,22,24)(H,27,28). The molecule has 0 rings (SSSR count). The molecule has 3 amide bonds. The number of aliphatic carboxylic acids is 1. The lowest BCUT2D eigenvalue weighted by Crippen LogP contribution is -2.58. The second-order valence-electron chi connectivity index (χ2n) is 6.56. The van der Waals surface area contributed by atoms with Crippen LogP contribution in [0.15, 0.2) is 0 Å². The first-order valence-electron chi connectivity index (χ1n) is 9.51. The monoisotopic (exact) mass is 467 g/mol. The first-order valence-corrected chi connectivity index (χ1v) is 11.5. The number of hydrogen-bond donors (Lipinski definition) is 8. The van der Waals surface area contributed by atoms with E-state index in [0.29, 0.717) is 25.1 Å². The molecule has 4 unspecified atom stereocenters. The number of aliphatic hydroxyl groups excluding tert-OH is 1. The fourth-order valence-electron chi connectivity index (χ4n) is 2.36. The Hall–Kier alpha value is -1.54. The zero-order valence-corrected chi connectivity index (χ0v) is 18.7. The van der Waals surface area contributed by atoms with Crippen molar-refractivity contribution in [2.24, 2.45) is 11.5 Å². The molecule has 4 atom stereocenters. The van der Waals surface area contributed by atoms with Crippen molar-refractivity contribution in [2.75, 3.05) is 30.9 Å². The highest BCUT2D eigenvalue weighted by molar-refractivity contribution is 7.98. The quantitative estimate of drug-likeness (QED) is 0.0905. The highest BCUT2D eigenvalue weighted by atomic mass is 32.2. The van der Waals surface area contributed by atoms with Crippen molar-refractivity contribution in [3.05, 3.63) is 0 Å². The van der Waals surface area contributed by atoms with Gasteiger partial charge in [-0.3, -0.25) is 14.4 Å². The maximum absolute atomic E-state index is 12.7. The molecule has 0 radical (unpaired) electrons. The summed E-state index contributed by atoms with van der Waals surface area (Å²) in [4.78, 5) is 48.4. The van der Waals surface area contributed by atoms with E-state index in [-0.39, 0.29) is 18.6 Å². The van der Waals surface area contributed by atoms with Crippen LogP contribution in [-0.2, 0) is 19.2 Å². The summed E-state index contributed by atoms with van der Waals surface area (Å²) < 4.78 is 0. The number of nitrogens with two attached hydrogens (primary N) is 2. The summed E-state index contributed by atoms with van der Waals surface area (Å²) >= 11 is 5.48. The number of hydrogen-bond acceptors (Lipinski definition) is 9. The van der Waals surface area contributed by atoms with E-state index in [9.17, 15) is 24.3 Å². The fraction of sp³-hybridized carbons (Fsp3) is 0.765. The number of nitrogens with one attached hydrogen (secondary N) is 3. The van der Waals surface area contributed by atoms with E-state index < -0.39 is 54.5 Å². The highest BCUT2D eigenvalue weighted by Crippen LogP contribution is 2.06. The molecule has 0 heterocycles. The molecule has 0 aromatic carbocycles. The normalized spacial score (nSPS) is 14.8. The molecule has 0 fully saturated rings. The molecule has 0 aromatic rings. The predicted molar refractivity (Wildman–Crippen MR) is 118 cm³/mol. The number of carboxylic acids is 1. The minimum Gasteiger partial charge on any atom is -0.480 e. The lowest BCUT2D eigenvalue weighted by molar-refractivity contribution is -0.142. The van der Waals surface area contributed by atoms with Crippen molar-refractivity contribution in [2.45, 2.75) is 49.9 Å². The third-order valence-electron chi connectivity index (χ3n) is 4.15. The SMILES string of the molecule is CSCCC(NC(=O)C(CCCCN)NC(=O)C(CS)NC(=O)C(N)CO)C(=O)O. The van der Waals surface area contributed by atoms with Gasteiger partial charge in [-0.25, -0.2) is 4.79 Å². The molecule has 174 valence electrons. The molecule has 13 heteroatoms. The van der Waals surface area contributed by atoms with Crippen LogP contribution in [0.25, 0.3) is 0 Å². The molecule has 30 heavy (non-hydrogen) atoms. The van der Waals surface area contributed by atoms with Gasteiger partial charge in [-0.1, -0.05) is 0 Å². The molecule has 0 aliphatic heterocycles. The topological polar surface area (TPSA) is 197 Å². The smallest absolute Gasteiger partial charge is 0.326 e. The van der Waals surface area contributed by atoms with Crippen molar-refractivity contribution in [1.29, 1.82) is 0 Å². The summed E-state index contributed by atoms with van der Waals surface area (Å²) in [5.41, 5.74) is 10.9. The van der Waals surface area contributed by atoms with Gasteiger partial charge in [0.05, 0.1) is 6.61 Å². The van der Waals surface area contributed by atoms with Gasteiger partial charge in [-0.05, 0) is 44.2 Å². The van der Waals surface area contributed by atoms with Gasteiger partial charge in [-0.15, -0.1) is 0 Å². The lowest BCUT2D eigenvalue weighted by atomic mass is 10.1. The molecule has 11 nitrogen and oxygen atoms in total. The number of thiol groups is 1. The van der Waals surface area contributed by atoms with Gasteiger partial charge in [0.1, 0.15) is 24.2 Å². The number of rotatable bonds is 16. The minimum absolute atomic E-state index is 0.0711. The summed E-state index contributed by atoms with van der Waals surface area (Å²) in [7, 11) is 0. The first-order chi connectivity index (χ1) is 14.2. The van der Waals surface area contributed by atoms with Crippen LogP contribution >= 0.6 is 24.4 Å². The van der Waals surface area contributed by atoms with Crippen molar-refractivity contribution in [3.8, 4) is 0 Å². The zero-order chi connectivity index (χ0) is 23.1. The van der Waals surface area contributed by atoms with Crippen LogP contribution in [0.2, 0.25) is 0 Å². The third kappa shape index (κ3) is 11.0. The van der Waals surface area contributed by atoms with E-state index in [1.54, 1.807) is 0 Å². The van der Waals surface area contributed by atoms with E-state index in [1.807, 2.05) is 6.26 Å². The summed E-state index contributed by atoms with van der Waals surface area (Å²) in [5, 5.41) is 25.6. The highest BCUT2D eigenvalue weighted by Gasteiger charge is 2.29. The Morgan fingerprint density at radius 3 is 2.03 bits per heavy atom. The fourth-order valence-corrected chi connectivity index (χ4v) is 3.08. The Morgan fingerprint density at radius 1 is 0.967 bits per heavy atom. The molecular weight excluding hydrogens is 434 g/mol. The Bertz CT molecular complexity index is 569. The van der Waals surface area contributed by atoms with Crippen LogP contribution in [0.4, 0.5) is 0 Å². The first kappa shape index (κ1) is 28.5. The van der Waals surface area contributed by atoms with Gasteiger partial charge < -0.3 is 37.6 Å². The molecular formula is C17H33N5O6S2. The molecule has 9 N–H and O–H groups in total. The van der Waals surface area contributed by atoms with Crippen LogP contribution in [-0.4, -0.2) is 89.0 Å². The second kappa shape index (κ2) is 16.2. The van der Waals surface area contributed by atoms with Gasteiger partial charge in [0, 0.05) is 5.75 Å². The predicted octanol–water partition coefficient (Wildman–Crippen LogP) is -2.34. The number of carbonyl (C=O) groups is 4. The van der Waals surface area contributed by atoms with Crippen molar-refractivity contribution in [3.63, 3.8) is 0 Å². The maximum atomic E-state index is 12.7. The molecule has 0 aliphatic rings. The Balaban J connectivity index is 5.19. The van der Waals surface area contributed by atoms with Gasteiger partial charge in [0.25, 0.3) is 0 Å². The molecule has 0 aromatic heterocycles. The number of carbonyl (C=O) groups excluding carboxylic acids is 3. The number of aliphatic hydroxyl groups is 1.